The SMILES string of the molecule is CCCO/N=C(\N)N/N=C/c1c(F)cccc1Cl. The van der Waals surface area contributed by atoms with Gasteiger partial charge in [0.15, 0.2) is 0 Å². The van der Waals surface area contributed by atoms with E-state index in [1.807, 2.05) is 6.92 Å². The molecule has 7 heteroatoms. The minimum atomic E-state index is -0.467. The van der Waals surface area contributed by atoms with Crippen LogP contribution in [-0.2, 0) is 4.84 Å². The number of oxime groups is 1. The van der Waals surface area contributed by atoms with E-state index < -0.39 is 5.82 Å². The predicted molar refractivity (Wildman–Crippen MR) is 70.0 cm³/mol. The van der Waals surface area contributed by atoms with E-state index in [2.05, 4.69) is 15.7 Å². The summed E-state index contributed by atoms with van der Waals surface area (Å²) in [4.78, 5) is 4.82. The smallest absolute Gasteiger partial charge is 0.251 e. The zero-order chi connectivity index (χ0) is 13.4. The number of benzene rings is 1. The molecule has 0 unspecified atom stereocenters. The van der Waals surface area contributed by atoms with Crippen molar-refractivity contribution in [2.45, 2.75) is 13.3 Å². The third-order valence-corrected chi connectivity index (χ3v) is 2.16. The first-order valence-corrected chi connectivity index (χ1v) is 5.71. The maximum Gasteiger partial charge on any atom is 0.251 e. The fourth-order valence-electron chi connectivity index (χ4n) is 1.02. The molecule has 0 heterocycles. The Hall–Kier alpha value is -1.82. The molecule has 5 nitrogen and oxygen atoms in total. The number of rotatable bonds is 5. The number of hydrazone groups is 1. The van der Waals surface area contributed by atoms with Crippen LogP contribution in [0.5, 0.6) is 0 Å². The van der Waals surface area contributed by atoms with Crippen molar-refractivity contribution < 1.29 is 9.23 Å². The van der Waals surface area contributed by atoms with E-state index in [-0.39, 0.29) is 16.5 Å². The van der Waals surface area contributed by atoms with Crippen LogP contribution in [0.3, 0.4) is 0 Å². The van der Waals surface area contributed by atoms with E-state index in [0.29, 0.717) is 6.61 Å². The lowest BCUT2D eigenvalue weighted by Gasteiger charge is -2.01. The Morgan fingerprint density at radius 3 is 3.06 bits per heavy atom. The first kappa shape index (κ1) is 14.2. The molecule has 1 aromatic carbocycles. The van der Waals surface area contributed by atoms with E-state index in [1.54, 1.807) is 6.07 Å². The lowest BCUT2D eigenvalue weighted by Crippen LogP contribution is -2.27. The Morgan fingerprint density at radius 1 is 1.61 bits per heavy atom. The van der Waals surface area contributed by atoms with Crippen LogP contribution in [-0.4, -0.2) is 18.8 Å². The van der Waals surface area contributed by atoms with Crippen LogP contribution < -0.4 is 11.2 Å². The summed E-state index contributed by atoms with van der Waals surface area (Å²) < 4.78 is 13.3. The second-order valence-corrected chi connectivity index (χ2v) is 3.72. The van der Waals surface area contributed by atoms with E-state index in [9.17, 15) is 4.39 Å². The third kappa shape index (κ3) is 4.58. The van der Waals surface area contributed by atoms with Crippen molar-refractivity contribution in [2.75, 3.05) is 6.61 Å². The second-order valence-electron chi connectivity index (χ2n) is 3.32. The zero-order valence-corrected chi connectivity index (χ0v) is 10.6. The third-order valence-electron chi connectivity index (χ3n) is 1.83. The number of guanidine groups is 1. The molecule has 0 aromatic heterocycles. The number of hydrogen-bond donors (Lipinski definition) is 2. The molecule has 0 bridgehead atoms. The van der Waals surface area contributed by atoms with Crippen LogP contribution in [0.1, 0.15) is 18.9 Å². The van der Waals surface area contributed by atoms with E-state index in [0.717, 1.165) is 6.42 Å². The molecule has 0 spiro atoms. The van der Waals surface area contributed by atoms with Gasteiger partial charge in [0.2, 0.25) is 0 Å². The monoisotopic (exact) mass is 272 g/mol. The molecular formula is C11H14ClFN4O. The van der Waals surface area contributed by atoms with Gasteiger partial charge in [0.05, 0.1) is 11.2 Å². The number of hydrogen-bond acceptors (Lipinski definition) is 3. The van der Waals surface area contributed by atoms with Gasteiger partial charge in [0.25, 0.3) is 5.96 Å². The Kier molecular flexibility index (Phi) is 5.93. The van der Waals surface area contributed by atoms with Crippen molar-refractivity contribution >= 4 is 23.8 Å². The van der Waals surface area contributed by atoms with Crippen LogP contribution >= 0.6 is 11.6 Å². The number of halogens is 2. The molecule has 0 aliphatic rings. The van der Waals surface area contributed by atoms with E-state index in [1.165, 1.54) is 18.3 Å². The van der Waals surface area contributed by atoms with Crippen LogP contribution in [0.25, 0.3) is 0 Å². The first-order chi connectivity index (χ1) is 8.65. The molecule has 98 valence electrons. The van der Waals surface area contributed by atoms with Gasteiger partial charge < -0.3 is 10.6 Å². The van der Waals surface area contributed by atoms with Crippen molar-refractivity contribution in [3.05, 3.63) is 34.6 Å². The summed E-state index contributed by atoms with van der Waals surface area (Å²) in [6.45, 7) is 2.41. The van der Waals surface area contributed by atoms with Gasteiger partial charge in [0, 0.05) is 5.56 Å². The number of nitrogens with zero attached hydrogens (tertiary/aromatic N) is 2. The molecule has 18 heavy (non-hydrogen) atoms. The summed E-state index contributed by atoms with van der Waals surface area (Å²) in [6, 6.07) is 4.36. The van der Waals surface area contributed by atoms with Gasteiger partial charge >= 0.3 is 0 Å². The van der Waals surface area contributed by atoms with Gasteiger partial charge in [0.1, 0.15) is 12.4 Å². The summed E-state index contributed by atoms with van der Waals surface area (Å²) >= 11 is 5.80. The molecule has 3 N–H and O–H groups in total. The quantitative estimate of drug-likeness (QED) is 0.373. The molecule has 0 radical (unpaired) electrons. The minimum Gasteiger partial charge on any atom is -0.393 e. The van der Waals surface area contributed by atoms with E-state index in [4.69, 9.17) is 22.2 Å². The van der Waals surface area contributed by atoms with Gasteiger partial charge in [-0.05, 0) is 23.7 Å². The van der Waals surface area contributed by atoms with Gasteiger partial charge in [-0.1, -0.05) is 24.6 Å². The van der Waals surface area contributed by atoms with Crippen LogP contribution in [0.2, 0.25) is 5.02 Å². The molecule has 0 aliphatic carbocycles. The van der Waals surface area contributed by atoms with Crippen LogP contribution in [0.15, 0.2) is 28.5 Å². The fraction of sp³-hybridized carbons (Fsp3) is 0.273. The highest BCUT2D eigenvalue weighted by atomic mass is 35.5. The van der Waals surface area contributed by atoms with Crippen molar-refractivity contribution in [3.63, 3.8) is 0 Å². The topological polar surface area (TPSA) is 72.0 Å². The van der Waals surface area contributed by atoms with Crippen molar-refractivity contribution in [1.82, 2.24) is 5.43 Å². The summed E-state index contributed by atoms with van der Waals surface area (Å²) in [5.74, 6) is -0.488. The Morgan fingerprint density at radius 2 is 2.39 bits per heavy atom. The fourth-order valence-corrected chi connectivity index (χ4v) is 1.24. The normalized spacial score (nSPS) is 11.8. The molecule has 1 aromatic rings. The van der Waals surface area contributed by atoms with Gasteiger partial charge in [-0.15, -0.1) is 0 Å². The van der Waals surface area contributed by atoms with Gasteiger partial charge in [-0.2, -0.15) is 5.10 Å². The average Bonchev–Trinajstić information content (AvgIpc) is 2.33. The number of nitrogens with two attached hydrogens (primary N) is 1. The lowest BCUT2D eigenvalue weighted by atomic mass is 10.2. The molecular weight excluding hydrogens is 259 g/mol. The second kappa shape index (κ2) is 7.50. The van der Waals surface area contributed by atoms with Crippen LogP contribution in [0, 0.1) is 5.82 Å². The van der Waals surface area contributed by atoms with Gasteiger partial charge in [-0.3, -0.25) is 0 Å². The predicted octanol–water partition coefficient (Wildman–Crippen LogP) is 2.06. The number of nitrogens with one attached hydrogen (secondary N) is 1. The molecule has 0 fully saturated rings. The molecule has 0 atom stereocenters. The maximum absolute atomic E-state index is 13.3. The van der Waals surface area contributed by atoms with Crippen molar-refractivity contribution in [2.24, 2.45) is 16.0 Å². The first-order valence-electron chi connectivity index (χ1n) is 5.33. The standard InChI is InChI=1S/C11H14ClFN4O/c1-2-6-18-17-11(14)16-15-7-8-9(12)4-3-5-10(8)13/h3-5,7H,2,6H2,1H3,(H3,14,16,17)/b15-7+. The summed E-state index contributed by atoms with van der Waals surface area (Å²) in [6.07, 6.45) is 2.05. The summed E-state index contributed by atoms with van der Waals surface area (Å²) in [5, 5.41) is 7.50. The molecule has 0 saturated heterocycles. The minimum absolute atomic E-state index is 0.0211. The van der Waals surface area contributed by atoms with Crippen molar-refractivity contribution in [1.29, 1.82) is 0 Å². The Labute approximate surface area is 109 Å². The highest BCUT2D eigenvalue weighted by Crippen LogP contribution is 2.16. The maximum atomic E-state index is 13.3. The van der Waals surface area contributed by atoms with Crippen molar-refractivity contribution in [3.8, 4) is 0 Å². The summed E-state index contributed by atoms with van der Waals surface area (Å²) in [5.41, 5.74) is 7.99. The highest BCUT2D eigenvalue weighted by molar-refractivity contribution is 6.33. The average molecular weight is 273 g/mol. The molecule has 1 rings (SSSR count). The largest absolute Gasteiger partial charge is 0.393 e. The Bertz CT molecular complexity index is 430. The van der Waals surface area contributed by atoms with E-state index >= 15 is 0 Å². The Balaban J connectivity index is 2.57. The molecule has 0 amide bonds. The highest BCUT2D eigenvalue weighted by Gasteiger charge is 2.03. The lowest BCUT2D eigenvalue weighted by molar-refractivity contribution is 0.143. The molecule has 0 aliphatic heterocycles. The summed E-state index contributed by atoms with van der Waals surface area (Å²) in [7, 11) is 0. The van der Waals surface area contributed by atoms with Crippen LogP contribution in [0.4, 0.5) is 4.39 Å². The van der Waals surface area contributed by atoms with Gasteiger partial charge in [-0.25, -0.2) is 9.82 Å². The zero-order valence-electron chi connectivity index (χ0n) is 9.86. The molecule has 0 saturated carbocycles.